The van der Waals surface area contributed by atoms with Crippen LogP contribution in [0.25, 0.3) is 21.9 Å². The Morgan fingerprint density at radius 2 is 1.62 bits per heavy atom. The number of nitrogens with zero attached hydrogens (tertiary/aromatic N) is 2. The number of carbonyl (C=O) groups excluding carboxylic acids is 3. The molecule has 2 aromatic heterocycles. The molecule has 0 spiro atoms. The summed E-state index contributed by atoms with van der Waals surface area (Å²) in [5, 5.41) is 2.04. The minimum Gasteiger partial charge on any atom is -0.497 e. The van der Waals surface area contributed by atoms with Crippen molar-refractivity contribution in [3.8, 4) is 5.75 Å². The molecule has 0 aliphatic carbocycles. The molecule has 5 aromatic rings. The van der Waals surface area contributed by atoms with E-state index < -0.39 is 5.63 Å². The van der Waals surface area contributed by atoms with E-state index in [1.165, 1.54) is 0 Å². The zero-order valence-corrected chi connectivity index (χ0v) is 28.0. The molecule has 0 atom stereocenters. The molecule has 244 valence electrons. The molecule has 0 unspecified atom stereocenters. The molecule has 5 rings (SSSR count). The van der Waals surface area contributed by atoms with Crippen LogP contribution >= 0.6 is 11.6 Å². The molecule has 0 fully saturated rings. The Morgan fingerprint density at radius 1 is 0.894 bits per heavy atom. The predicted octanol–water partition coefficient (Wildman–Crippen LogP) is 8.20. The first-order valence-electron chi connectivity index (χ1n) is 16.0. The smallest absolute Gasteiger partial charge is 0.347 e. The largest absolute Gasteiger partial charge is 0.497 e. The molecule has 47 heavy (non-hydrogen) atoms. The summed E-state index contributed by atoms with van der Waals surface area (Å²) < 4.78 is 12.6. The quantitative estimate of drug-likeness (QED) is 0.0676. The molecule has 0 saturated carbocycles. The summed E-state index contributed by atoms with van der Waals surface area (Å²) in [4.78, 5) is 54.5. The molecule has 8 nitrogen and oxygen atoms in total. The lowest BCUT2D eigenvalue weighted by atomic mass is 10.00. The van der Waals surface area contributed by atoms with Crippen LogP contribution in [-0.4, -0.2) is 42.2 Å². The van der Waals surface area contributed by atoms with E-state index in [1.54, 1.807) is 48.1 Å². The highest BCUT2D eigenvalue weighted by molar-refractivity contribution is 6.30. The van der Waals surface area contributed by atoms with Gasteiger partial charge in [-0.05, 0) is 99.8 Å². The Bertz CT molecular complexity index is 2000. The minimum absolute atomic E-state index is 0.0412. The van der Waals surface area contributed by atoms with E-state index in [-0.39, 0.29) is 35.9 Å². The van der Waals surface area contributed by atoms with Gasteiger partial charge in [-0.1, -0.05) is 18.0 Å². The summed E-state index contributed by atoms with van der Waals surface area (Å²) in [5.41, 5.74) is 3.52. The van der Waals surface area contributed by atoms with Crippen molar-refractivity contribution in [1.29, 1.82) is 0 Å². The van der Waals surface area contributed by atoms with Crippen LogP contribution in [0.5, 0.6) is 5.75 Å². The maximum absolute atomic E-state index is 13.5. The average molecular weight is 655 g/mol. The Kier molecular flexibility index (Phi) is 10.6. The lowest BCUT2D eigenvalue weighted by molar-refractivity contribution is -0.118. The van der Waals surface area contributed by atoms with Gasteiger partial charge in [-0.2, -0.15) is 0 Å². The van der Waals surface area contributed by atoms with E-state index in [2.05, 4.69) is 18.7 Å². The number of anilines is 1. The number of methoxy groups -OCH3 is 1. The second-order valence-electron chi connectivity index (χ2n) is 11.6. The molecule has 0 aliphatic rings. The van der Waals surface area contributed by atoms with Gasteiger partial charge in [0.25, 0.3) is 5.91 Å². The highest BCUT2D eigenvalue weighted by Crippen LogP contribution is 2.31. The fourth-order valence-corrected chi connectivity index (χ4v) is 6.21. The molecule has 0 bridgehead atoms. The highest BCUT2D eigenvalue weighted by Gasteiger charge is 2.22. The maximum Gasteiger partial charge on any atom is 0.347 e. The van der Waals surface area contributed by atoms with Crippen molar-refractivity contribution < 1.29 is 23.5 Å². The third-order valence-corrected chi connectivity index (χ3v) is 8.97. The molecule has 9 heteroatoms. The van der Waals surface area contributed by atoms with Gasteiger partial charge in [0.15, 0.2) is 5.78 Å². The fourth-order valence-electron chi connectivity index (χ4n) is 6.08. The Morgan fingerprint density at radius 3 is 2.32 bits per heavy atom. The van der Waals surface area contributed by atoms with E-state index in [9.17, 15) is 19.2 Å². The molecule has 0 aliphatic heterocycles. The molecule has 0 saturated heterocycles. The normalized spacial score (nSPS) is 11.3. The fraction of sp³-hybridized carbons (Fsp3) is 0.316. The topological polar surface area (TPSA) is 98.8 Å². The maximum atomic E-state index is 13.5. The Hall–Kier alpha value is -4.69. The van der Waals surface area contributed by atoms with Crippen LogP contribution in [-0.2, 0) is 11.2 Å². The molecular formula is C38H39ClN2O6. The van der Waals surface area contributed by atoms with Crippen molar-refractivity contribution in [2.75, 3.05) is 25.1 Å². The summed E-state index contributed by atoms with van der Waals surface area (Å²) in [7, 11) is 1.58. The number of ketones is 2. The summed E-state index contributed by atoms with van der Waals surface area (Å²) in [6.07, 6.45) is 2.52. The highest BCUT2D eigenvalue weighted by atomic mass is 35.5. The Labute approximate surface area is 278 Å². The number of carbonyl (C=O) groups is 3. The van der Waals surface area contributed by atoms with Gasteiger partial charge in [0.1, 0.15) is 22.7 Å². The molecule has 0 amide bonds. The predicted molar refractivity (Wildman–Crippen MR) is 187 cm³/mol. The van der Waals surface area contributed by atoms with Crippen molar-refractivity contribution in [1.82, 2.24) is 4.57 Å². The number of hydrogen-bond acceptors (Lipinski definition) is 7. The standard InChI is InChI=1S/C38H39ClN2O6/c1-5-40(6-2)28-17-14-26-20-33(38(45)47-36(26)21-28)35(43)11-9-7-8-10-29(42)22-31-24(3)41(34-19-18-30(46-4)23-32(31)34)37(44)25-12-15-27(39)16-13-25/h12-21,23H,5-11,22H2,1-4H3. The number of hydrogen-bond donors (Lipinski definition) is 0. The van der Waals surface area contributed by atoms with Gasteiger partial charge in [0.05, 0.1) is 12.6 Å². The zero-order valence-electron chi connectivity index (χ0n) is 27.2. The van der Waals surface area contributed by atoms with Crippen molar-refractivity contribution in [3.63, 3.8) is 0 Å². The van der Waals surface area contributed by atoms with Crippen LogP contribution in [0.2, 0.25) is 5.02 Å². The third kappa shape index (κ3) is 7.33. The van der Waals surface area contributed by atoms with Crippen LogP contribution in [0, 0.1) is 6.92 Å². The van der Waals surface area contributed by atoms with Crippen LogP contribution in [0.4, 0.5) is 5.69 Å². The third-order valence-electron chi connectivity index (χ3n) is 8.72. The van der Waals surface area contributed by atoms with Crippen LogP contribution in [0.15, 0.2) is 75.9 Å². The van der Waals surface area contributed by atoms with Crippen LogP contribution in [0.3, 0.4) is 0 Å². The molecular weight excluding hydrogens is 616 g/mol. The Balaban J connectivity index is 1.21. The van der Waals surface area contributed by atoms with Crippen molar-refractivity contribution in [3.05, 3.63) is 105 Å². The van der Waals surface area contributed by atoms with Crippen molar-refractivity contribution in [2.45, 2.75) is 59.3 Å². The summed E-state index contributed by atoms with van der Waals surface area (Å²) in [5.74, 6) is 0.210. The van der Waals surface area contributed by atoms with Gasteiger partial charge in [0.2, 0.25) is 0 Å². The lowest BCUT2D eigenvalue weighted by Gasteiger charge is -2.20. The van der Waals surface area contributed by atoms with E-state index >= 15 is 0 Å². The summed E-state index contributed by atoms with van der Waals surface area (Å²) in [6, 6.07) is 19.5. The average Bonchev–Trinajstić information content (AvgIpc) is 3.34. The first kappa shape index (κ1) is 33.7. The first-order chi connectivity index (χ1) is 22.6. The summed E-state index contributed by atoms with van der Waals surface area (Å²) >= 11 is 6.03. The van der Waals surface area contributed by atoms with Gasteiger partial charge in [0, 0.05) is 71.2 Å². The SMILES string of the molecule is CCN(CC)c1ccc2cc(C(=O)CCCCCC(=O)Cc3c(C)n(C(=O)c4ccc(Cl)cc4)c4ccc(OC)cc34)c(=O)oc2c1. The van der Waals surface area contributed by atoms with Gasteiger partial charge < -0.3 is 14.1 Å². The van der Waals surface area contributed by atoms with E-state index in [0.717, 1.165) is 29.7 Å². The van der Waals surface area contributed by atoms with Gasteiger partial charge >= 0.3 is 5.63 Å². The minimum atomic E-state index is -0.630. The number of halogens is 1. The molecule has 0 radical (unpaired) electrons. The lowest BCUT2D eigenvalue weighted by Crippen LogP contribution is -2.21. The second kappa shape index (κ2) is 14.8. The van der Waals surface area contributed by atoms with Crippen LogP contribution < -0.4 is 15.3 Å². The zero-order chi connectivity index (χ0) is 33.7. The molecule has 2 heterocycles. The van der Waals surface area contributed by atoms with E-state index in [0.29, 0.717) is 64.2 Å². The van der Waals surface area contributed by atoms with E-state index in [1.807, 2.05) is 37.3 Å². The van der Waals surface area contributed by atoms with Gasteiger partial charge in [-0.15, -0.1) is 0 Å². The number of Topliss-reactive ketones (excluding diaryl/α,β-unsaturated/α-hetero) is 2. The second-order valence-corrected chi connectivity index (χ2v) is 12.1. The van der Waals surface area contributed by atoms with Gasteiger partial charge in [-0.25, -0.2) is 4.79 Å². The number of ether oxygens (including phenoxy) is 1. The summed E-state index contributed by atoms with van der Waals surface area (Å²) in [6.45, 7) is 7.64. The van der Waals surface area contributed by atoms with E-state index in [4.69, 9.17) is 20.8 Å². The van der Waals surface area contributed by atoms with Crippen molar-refractivity contribution in [2.24, 2.45) is 0 Å². The molecule has 3 aromatic carbocycles. The number of aromatic nitrogens is 1. The molecule has 0 N–H and O–H groups in total. The van der Waals surface area contributed by atoms with Crippen molar-refractivity contribution >= 4 is 56.6 Å². The number of unbranched alkanes of at least 4 members (excludes halogenated alkanes) is 2. The number of rotatable bonds is 14. The first-order valence-corrected chi connectivity index (χ1v) is 16.4. The number of fused-ring (bicyclic) bond motifs is 2. The number of benzene rings is 3. The van der Waals surface area contributed by atoms with Crippen LogP contribution in [0.1, 0.15) is 77.9 Å². The van der Waals surface area contributed by atoms with Gasteiger partial charge in [-0.3, -0.25) is 19.0 Å². The monoisotopic (exact) mass is 654 g/mol.